The summed E-state index contributed by atoms with van der Waals surface area (Å²) < 4.78 is 10.9. The molecule has 2 aromatic heterocycles. The Bertz CT molecular complexity index is 1270. The average Bonchev–Trinajstić information content (AvgIpc) is 3.46. The highest BCUT2D eigenvalue weighted by Gasteiger charge is 2.23. The summed E-state index contributed by atoms with van der Waals surface area (Å²) in [5.74, 6) is -0.310. The van der Waals surface area contributed by atoms with Crippen molar-refractivity contribution in [3.63, 3.8) is 0 Å². The Morgan fingerprint density at radius 3 is 2.64 bits per heavy atom. The number of esters is 1. The zero-order valence-electron chi connectivity index (χ0n) is 18.0. The summed E-state index contributed by atoms with van der Waals surface area (Å²) in [7, 11) is 0. The van der Waals surface area contributed by atoms with Crippen molar-refractivity contribution in [1.29, 1.82) is 0 Å². The van der Waals surface area contributed by atoms with Crippen molar-refractivity contribution in [3.05, 3.63) is 71.1 Å². The molecule has 2 aromatic carbocycles. The van der Waals surface area contributed by atoms with Gasteiger partial charge in [0.1, 0.15) is 10.6 Å². The first-order chi connectivity index (χ1) is 16.0. The monoisotopic (exact) mass is 479 g/mol. The number of thiophene rings is 1. The molecule has 0 unspecified atom stereocenters. The SMILES string of the molecule is CCOC(=O)c1c(-c2ccccc2)csc1NC(=O)CSc1nnc(-c2cccc(C)c2)o1. The number of carbonyl (C=O) groups is 2. The number of aromatic nitrogens is 2. The smallest absolute Gasteiger partial charge is 0.341 e. The van der Waals surface area contributed by atoms with Gasteiger partial charge in [0.25, 0.3) is 5.22 Å². The number of carbonyl (C=O) groups excluding carboxylic acids is 2. The van der Waals surface area contributed by atoms with Gasteiger partial charge in [-0.05, 0) is 31.5 Å². The van der Waals surface area contributed by atoms with Crippen LogP contribution in [0.5, 0.6) is 0 Å². The van der Waals surface area contributed by atoms with Gasteiger partial charge in [0.15, 0.2) is 0 Å². The van der Waals surface area contributed by atoms with E-state index in [0.29, 0.717) is 21.7 Å². The van der Waals surface area contributed by atoms with Crippen LogP contribution in [0.3, 0.4) is 0 Å². The maximum Gasteiger partial charge on any atom is 0.341 e. The van der Waals surface area contributed by atoms with E-state index in [1.54, 1.807) is 6.92 Å². The molecule has 9 heteroatoms. The highest BCUT2D eigenvalue weighted by Crippen LogP contribution is 2.36. The number of hydrogen-bond acceptors (Lipinski definition) is 8. The number of benzene rings is 2. The van der Waals surface area contributed by atoms with Crippen LogP contribution < -0.4 is 5.32 Å². The Morgan fingerprint density at radius 2 is 1.88 bits per heavy atom. The van der Waals surface area contributed by atoms with Crippen molar-refractivity contribution in [1.82, 2.24) is 10.2 Å². The summed E-state index contributed by atoms with van der Waals surface area (Å²) in [6.07, 6.45) is 0. The van der Waals surface area contributed by atoms with Gasteiger partial charge in [-0.1, -0.05) is 59.8 Å². The molecule has 4 aromatic rings. The Balaban J connectivity index is 1.45. The van der Waals surface area contributed by atoms with Crippen molar-refractivity contribution in [2.75, 3.05) is 17.7 Å². The number of anilines is 1. The molecule has 1 amide bonds. The van der Waals surface area contributed by atoms with Gasteiger partial charge in [0.2, 0.25) is 11.8 Å². The molecule has 0 saturated heterocycles. The van der Waals surface area contributed by atoms with Gasteiger partial charge in [-0.15, -0.1) is 21.5 Å². The molecule has 1 N–H and O–H groups in total. The van der Waals surface area contributed by atoms with Crippen molar-refractivity contribution < 1.29 is 18.7 Å². The van der Waals surface area contributed by atoms with Gasteiger partial charge in [0, 0.05) is 16.5 Å². The molecule has 0 aliphatic heterocycles. The van der Waals surface area contributed by atoms with Gasteiger partial charge in [0.05, 0.1) is 12.4 Å². The van der Waals surface area contributed by atoms with Gasteiger partial charge in [-0.2, -0.15) is 0 Å². The number of ether oxygens (including phenoxy) is 1. The molecular weight excluding hydrogens is 458 g/mol. The second-order valence-electron chi connectivity index (χ2n) is 7.02. The normalized spacial score (nSPS) is 10.7. The van der Waals surface area contributed by atoms with Crippen LogP contribution in [0, 0.1) is 6.92 Å². The lowest BCUT2D eigenvalue weighted by atomic mass is 10.0. The first-order valence-corrected chi connectivity index (χ1v) is 12.1. The van der Waals surface area contributed by atoms with Crippen molar-refractivity contribution >= 4 is 40.0 Å². The summed E-state index contributed by atoms with van der Waals surface area (Å²) in [6, 6.07) is 17.3. The highest BCUT2D eigenvalue weighted by molar-refractivity contribution is 7.99. The fourth-order valence-corrected chi connectivity index (χ4v) is 4.68. The molecule has 0 saturated carbocycles. The van der Waals surface area contributed by atoms with E-state index in [9.17, 15) is 9.59 Å². The van der Waals surface area contributed by atoms with Crippen LogP contribution in [-0.4, -0.2) is 34.4 Å². The third kappa shape index (κ3) is 5.50. The molecule has 0 atom stereocenters. The molecule has 0 bridgehead atoms. The lowest BCUT2D eigenvalue weighted by Gasteiger charge is -2.08. The molecule has 168 valence electrons. The number of thioether (sulfide) groups is 1. The minimum absolute atomic E-state index is 0.0519. The molecule has 0 aliphatic carbocycles. The number of rotatable bonds is 8. The van der Waals surface area contributed by atoms with E-state index in [4.69, 9.17) is 9.15 Å². The number of hydrogen-bond donors (Lipinski definition) is 1. The molecule has 0 fully saturated rings. The third-order valence-corrected chi connectivity index (χ3v) is 6.32. The summed E-state index contributed by atoms with van der Waals surface area (Å²) in [6.45, 7) is 3.97. The van der Waals surface area contributed by atoms with E-state index in [1.165, 1.54) is 11.3 Å². The Morgan fingerprint density at radius 1 is 1.09 bits per heavy atom. The third-order valence-electron chi connectivity index (χ3n) is 4.61. The summed E-state index contributed by atoms with van der Waals surface area (Å²) in [5, 5.41) is 13.5. The van der Waals surface area contributed by atoms with E-state index < -0.39 is 5.97 Å². The molecule has 4 rings (SSSR count). The van der Waals surface area contributed by atoms with Crippen LogP contribution in [-0.2, 0) is 9.53 Å². The predicted octanol–water partition coefficient (Wildman–Crippen LogP) is 5.68. The predicted molar refractivity (Wildman–Crippen MR) is 130 cm³/mol. The minimum Gasteiger partial charge on any atom is -0.462 e. The van der Waals surface area contributed by atoms with E-state index in [0.717, 1.165) is 34.0 Å². The number of nitrogens with one attached hydrogen (secondary N) is 1. The second-order valence-corrected chi connectivity index (χ2v) is 8.83. The zero-order chi connectivity index (χ0) is 23.2. The highest BCUT2D eigenvalue weighted by atomic mass is 32.2. The van der Waals surface area contributed by atoms with Crippen LogP contribution in [0.1, 0.15) is 22.8 Å². The van der Waals surface area contributed by atoms with Gasteiger partial charge < -0.3 is 14.5 Å². The van der Waals surface area contributed by atoms with Gasteiger partial charge >= 0.3 is 5.97 Å². The van der Waals surface area contributed by atoms with Crippen molar-refractivity contribution in [2.45, 2.75) is 19.1 Å². The average molecular weight is 480 g/mol. The lowest BCUT2D eigenvalue weighted by Crippen LogP contribution is -2.16. The largest absolute Gasteiger partial charge is 0.462 e. The lowest BCUT2D eigenvalue weighted by molar-refractivity contribution is -0.113. The zero-order valence-corrected chi connectivity index (χ0v) is 19.7. The van der Waals surface area contributed by atoms with Gasteiger partial charge in [-0.25, -0.2) is 4.79 Å². The number of nitrogens with zero attached hydrogens (tertiary/aromatic N) is 2. The summed E-state index contributed by atoms with van der Waals surface area (Å²) in [5.41, 5.74) is 3.86. The van der Waals surface area contributed by atoms with Crippen LogP contribution in [0.25, 0.3) is 22.6 Å². The topological polar surface area (TPSA) is 94.3 Å². The molecular formula is C24H21N3O4S2. The van der Waals surface area contributed by atoms with E-state index >= 15 is 0 Å². The summed E-state index contributed by atoms with van der Waals surface area (Å²) >= 11 is 2.42. The fraction of sp³-hybridized carbons (Fsp3) is 0.167. The molecule has 2 heterocycles. The first-order valence-electron chi connectivity index (χ1n) is 10.2. The Labute approximate surface area is 199 Å². The summed E-state index contributed by atoms with van der Waals surface area (Å²) in [4.78, 5) is 25.3. The van der Waals surface area contributed by atoms with Crippen LogP contribution in [0.2, 0.25) is 0 Å². The van der Waals surface area contributed by atoms with E-state index in [2.05, 4.69) is 15.5 Å². The Hall–Kier alpha value is -3.43. The first kappa shape index (κ1) is 22.8. The quantitative estimate of drug-likeness (QED) is 0.257. The standard InChI is InChI=1S/C24H21N3O4S2/c1-3-30-23(29)20-18(16-9-5-4-6-10-16)13-32-22(20)25-19(28)14-33-24-27-26-21(31-24)17-11-7-8-15(2)12-17/h4-13H,3,14H2,1-2H3,(H,25,28). The van der Waals surface area contributed by atoms with E-state index in [1.807, 2.05) is 66.9 Å². The maximum atomic E-state index is 12.6. The molecule has 7 nitrogen and oxygen atoms in total. The fourth-order valence-electron chi connectivity index (χ4n) is 3.14. The van der Waals surface area contributed by atoms with Gasteiger partial charge in [-0.3, -0.25) is 4.79 Å². The van der Waals surface area contributed by atoms with Crippen LogP contribution in [0.15, 0.2) is 69.6 Å². The second kappa shape index (κ2) is 10.5. The van der Waals surface area contributed by atoms with E-state index in [-0.39, 0.29) is 18.3 Å². The van der Waals surface area contributed by atoms with Crippen LogP contribution >= 0.6 is 23.1 Å². The molecule has 33 heavy (non-hydrogen) atoms. The van der Waals surface area contributed by atoms with Crippen molar-refractivity contribution in [3.8, 4) is 22.6 Å². The maximum absolute atomic E-state index is 12.6. The van der Waals surface area contributed by atoms with Crippen LogP contribution in [0.4, 0.5) is 5.00 Å². The molecule has 0 radical (unpaired) electrons. The van der Waals surface area contributed by atoms with Crippen molar-refractivity contribution in [2.24, 2.45) is 0 Å². The number of amides is 1. The molecule has 0 aliphatic rings. The molecule has 0 spiro atoms. The minimum atomic E-state index is -0.472. The Kier molecular flexibility index (Phi) is 7.21. The number of aryl methyl sites for hydroxylation is 1.